The van der Waals surface area contributed by atoms with E-state index in [9.17, 15) is 4.79 Å². The van der Waals surface area contributed by atoms with E-state index in [4.69, 9.17) is 10.9 Å². The normalized spacial score (nSPS) is 15.2. The number of amidine groups is 1. The molecule has 1 atom stereocenters. The summed E-state index contributed by atoms with van der Waals surface area (Å²) in [6, 6.07) is 3.92. The highest BCUT2D eigenvalue weighted by Crippen LogP contribution is 2.25. The van der Waals surface area contributed by atoms with Crippen molar-refractivity contribution >= 4 is 23.1 Å². The number of amides is 1. The first-order valence-corrected chi connectivity index (χ1v) is 6.59. The fourth-order valence-corrected chi connectivity index (χ4v) is 2.44. The van der Waals surface area contributed by atoms with Gasteiger partial charge in [0.25, 0.3) is 0 Å². The molecule has 0 saturated carbocycles. The van der Waals surface area contributed by atoms with Crippen molar-refractivity contribution in [3.05, 3.63) is 22.4 Å². The van der Waals surface area contributed by atoms with Crippen LogP contribution in [0.25, 0.3) is 0 Å². The van der Waals surface area contributed by atoms with E-state index < -0.39 is 5.41 Å². The third-order valence-corrected chi connectivity index (χ3v) is 4.03. The van der Waals surface area contributed by atoms with E-state index >= 15 is 0 Å². The van der Waals surface area contributed by atoms with E-state index in [0.29, 0.717) is 13.0 Å². The molecule has 0 radical (unpaired) electrons. The first-order chi connectivity index (χ1) is 8.45. The van der Waals surface area contributed by atoms with Crippen LogP contribution in [-0.2, 0) is 11.3 Å². The SMILES string of the molecule is CCC(C)(C(=O)N(C)Cc1cccs1)/C(N)=N/O. The second-order valence-corrected chi connectivity index (χ2v) is 5.44. The van der Waals surface area contributed by atoms with Gasteiger partial charge in [-0.3, -0.25) is 4.79 Å². The van der Waals surface area contributed by atoms with Crippen molar-refractivity contribution < 1.29 is 10.0 Å². The molecule has 0 spiro atoms. The molecule has 100 valence electrons. The Balaban J connectivity index is 2.84. The zero-order chi connectivity index (χ0) is 13.8. The first kappa shape index (κ1) is 14.5. The largest absolute Gasteiger partial charge is 0.409 e. The van der Waals surface area contributed by atoms with Crippen molar-refractivity contribution in [2.24, 2.45) is 16.3 Å². The Labute approximate surface area is 111 Å². The van der Waals surface area contributed by atoms with Crippen LogP contribution in [0, 0.1) is 5.41 Å². The molecule has 3 N–H and O–H groups in total. The van der Waals surface area contributed by atoms with E-state index in [1.54, 1.807) is 30.2 Å². The van der Waals surface area contributed by atoms with Crippen molar-refractivity contribution in [1.29, 1.82) is 0 Å². The minimum Gasteiger partial charge on any atom is -0.409 e. The van der Waals surface area contributed by atoms with Crippen molar-refractivity contribution in [2.75, 3.05) is 7.05 Å². The van der Waals surface area contributed by atoms with E-state index in [2.05, 4.69) is 5.16 Å². The number of rotatable bonds is 5. The zero-order valence-electron chi connectivity index (χ0n) is 10.9. The fourth-order valence-electron chi connectivity index (χ4n) is 1.68. The smallest absolute Gasteiger partial charge is 0.236 e. The lowest BCUT2D eigenvalue weighted by atomic mass is 9.84. The number of hydrogen-bond acceptors (Lipinski definition) is 4. The van der Waals surface area contributed by atoms with Gasteiger partial charge in [-0.25, -0.2) is 0 Å². The summed E-state index contributed by atoms with van der Waals surface area (Å²) in [7, 11) is 1.72. The number of nitrogens with two attached hydrogens (primary N) is 1. The van der Waals surface area contributed by atoms with Crippen LogP contribution >= 0.6 is 11.3 Å². The average molecular weight is 269 g/mol. The van der Waals surface area contributed by atoms with Gasteiger partial charge in [0.15, 0.2) is 5.84 Å². The van der Waals surface area contributed by atoms with Crippen LogP contribution in [0.1, 0.15) is 25.1 Å². The number of carbonyl (C=O) groups excluding carboxylic acids is 1. The molecule has 1 rings (SSSR count). The Hall–Kier alpha value is -1.56. The van der Waals surface area contributed by atoms with Crippen LogP contribution in [0.4, 0.5) is 0 Å². The number of thiophene rings is 1. The van der Waals surface area contributed by atoms with E-state index in [1.165, 1.54) is 0 Å². The summed E-state index contributed by atoms with van der Waals surface area (Å²) >= 11 is 1.60. The summed E-state index contributed by atoms with van der Waals surface area (Å²) in [4.78, 5) is 15.1. The molecule has 1 amide bonds. The molecule has 0 aliphatic rings. The first-order valence-electron chi connectivity index (χ1n) is 5.71. The van der Waals surface area contributed by atoms with Crippen molar-refractivity contribution in [1.82, 2.24) is 4.90 Å². The second kappa shape index (κ2) is 5.86. The van der Waals surface area contributed by atoms with Gasteiger partial charge in [0.05, 0.1) is 6.54 Å². The highest BCUT2D eigenvalue weighted by atomic mass is 32.1. The molecule has 1 heterocycles. The molecule has 0 aliphatic carbocycles. The standard InChI is InChI=1S/C12H19N3O2S/c1-4-12(2,10(13)14-17)11(16)15(3)8-9-6-5-7-18-9/h5-7,17H,4,8H2,1-3H3,(H2,13,14). The fraction of sp³-hybridized carbons (Fsp3) is 0.500. The minimum absolute atomic E-state index is 0.0481. The summed E-state index contributed by atoms with van der Waals surface area (Å²) in [5, 5.41) is 13.7. The maximum absolute atomic E-state index is 12.4. The van der Waals surface area contributed by atoms with Gasteiger partial charge in [0, 0.05) is 11.9 Å². The molecule has 0 saturated heterocycles. The van der Waals surface area contributed by atoms with Crippen LogP contribution in [0.2, 0.25) is 0 Å². The molecule has 1 aromatic rings. The van der Waals surface area contributed by atoms with Gasteiger partial charge in [-0.2, -0.15) is 0 Å². The second-order valence-electron chi connectivity index (χ2n) is 4.41. The van der Waals surface area contributed by atoms with Gasteiger partial charge in [-0.1, -0.05) is 18.1 Å². The molecule has 6 heteroatoms. The maximum Gasteiger partial charge on any atom is 0.236 e. The van der Waals surface area contributed by atoms with E-state index in [0.717, 1.165) is 4.88 Å². The topological polar surface area (TPSA) is 78.9 Å². The molecule has 5 nitrogen and oxygen atoms in total. The van der Waals surface area contributed by atoms with Crippen LogP contribution in [0.5, 0.6) is 0 Å². The van der Waals surface area contributed by atoms with Crippen LogP contribution in [0.15, 0.2) is 22.7 Å². The number of oxime groups is 1. The molecular weight excluding hydrogens is 250 g/mol. The van der Waals surface area contributed by atoms with Crippen LogP contribution in [0.3, 0.4) is 0 Å². The quantitative estimate of drug-likeness (QED) is 0.371. The summed E-state index contributed by atoms with van der Waals surface area (Å²) in [6.45, 7) is 4.06. The highest BCUT2D eigenvalue weighted by molar-refractivity contribution is 7.09. The molecule has 0 bridgehead atoms. The molecule has 0 aliphatic heterocycles. The highest BCUT2D eigenvalue weighted by Gasteiger charge is 2.38. The summed E-state index contributed by atoms with van der Waals surface area (Å²) in [5.41, 5.74) is 4.67. The lowest BCUT2D eigenvalue weighted by Crippen LogP contribution is -2.47. The lowest BCUT2D eigenvalue weighted by Gasteiger charge is -2.30. The Bertz CT molecular complexity index is 431. The predicted octanol–water partition coefficient (Wildman–Crippen LogP) is 1.87. The Morgan fingerprint density at radius 2 is 2.33 bits per heavy atom. The maximum atomic E-state index is 12.4. The van der Waals surface area contributed by atoms with Crippen molar-refractivity contribution in [3.63, 3.8) is 0 Å². The molecule has 0 fully saturated rings. The van der Waals surface area contributed by atoms with Crippen LogP contribution < -0.4 is 5.73 Å². The summed E-state index contributed by atoms with van der Waals surface area (Å²) < 4.78 is 0. The van der Waals surface area contributed by atoms with Crippen LogP contribution in [-0.4, -0.2) is 28.9 Å². The van der Waals surface area contributed by atoms with Gasteiger partial charge >= 0.3 is 0 Å². The van der Waals surface area contributed by atoms with Crippen molar-refractivity contribution in [3.8, 4) is 0 Å². The third-order valence-electron chi connectivity index (χ3n) is 3.17. The lowest BCUT2D eigenvalue weighted by molar-refractivity contribution is -0.137. The minimum atomic E-state index is -0.958. The molecular formula is C12H19N3O2S. The third kappa shape index (κ3) is 2.81. The zero-order valence-corrected chi connectivity index (χ0v) is 11.7. The van der Waals surface area contributed by atoms with E-state index in [-0.39, 0.29) is 11.7 Å². The molecule has 18 heavy (non-hydrogen) atoms. The molecule has 0 aromatic carbocycles. The van der Waals surface area contributed by atoms with E-state index in [1.807, 2.05) is 24.4 Å². The van der Waals surface area contributed by atoms with Gasteiger partial charge in [-0.15, -0.1) is 11.3 Å². The predicted molar refractivity (Wildman–Crippen MR) is 72.6 cm³/mol. The Morgan fingerprint density at radius 3 is 2.78 bits per heavy atom. The summed E-state index contributed by atoms with van der Waals surface area (Å²) in [5.74, 6) is -0.193. The van der Waals surface area contributed by atoms with Crippen molar-refractivity contribution in [2.45, 2.75) is 26.8 Å². The number of carbonyl (C=O) groups is 1. The number of nitrogens with zero attached hydrogens (tertiary/aromatic N) is 2. The molecule has 1 unspecified atom stereocenters. The monoisotopic (exact) mass is 269 g/mol. The van der Waals surface area contributed by atoms with Gasteiger partial charge in [0.2, 0.25) is 5.91 Å². The summed E-state index contributed by atoms with van der Waals surface area (Å²) in [6.07, 6.45) is 0.483. The average Bonchev–Trinajstić information content (AvgIpc) is 2.88. The number of hydrogen-bond donors (Lipinski definition) is 2. The molecule has 1 aromatic heterocycles. The Morgan fingerprint density at radius 1 is 1.67 bits per heavy atom. The van der Waals surface area contributed by atoms with Gasteiger partial charge < -0.3 is 15.8 Å². The van der Waals surface area contributed by atoms with Gasteiger partial charge in [-0.05, 0) is 24.8 Å². The Kier molecular flexibility index (Phi) is 4.72. The van der Waals surface area contributed by atoms with Gasteiger partial charge in [0.1, 0.15) is 5.41 Å².